The lowest BCUT2D eigenvalue weighted by Crippen LogP contribution is -2.15. The van der Waals surface area contributed by atoms with E-state index < -0.39 is 0 Å². The minimum Gasteiger partial charge on any atom is -0.326 e. The van der Waals surface area contributed by atoms with Gasteiger partial charge in [-0.2, -0.15) is 0 Å². The molecule has 0 unspecified atom stereocenters. The molecule has 0 saturated carbocycles. The number of anilines is 1. The molecule has 0 fully saturated rings. The minimum atomic E-state index is 0.0737. The first-order valence-corrected chi connectivity index (χ1v) is 6.81. The molecule has 1 aromatic rings. The van der Waals surface area contributed by atoms with Gasteiger partial charge in [-0.05, 0) is 49.3 Å². The van der Waals surface area contributed by atoms with Crippen LogP contribution in [0.4, 0.5) is 5.69 Å². The fourth-order valence-corrected chi connectivity index (χ4v) is 2.47. The van der Waals surface area contributed by atoms with Crippen molar-refractivity contribution in [1.82, 2.24) is 0 Å². The molecule has 1 amide bonds. The maximum atomic E-state index is 11.7. The number of hydrogen-bond acceptors (Lipinski definition) is 1. The third-order valence-electron chi connectivity index (χ3n) is 3.21. The number of hydrogen-bond donors (Lipinski definition) is 1. The Kier molecular flexibility index (Phi) is 4.43. The molecule has 0 heterocycles. The summed E-state index contributed by atoms with van der Waals surface area (Å²) in [6.45, 7) is 0. The molecule has 0 atom stereocenters. The van der Waals surface area contributed by atoms with E-state index in [1.807, 2.05) is 12.1 Å². The van der Waals surface area contributed by atoms with Gasteiger partial charge >= 0.3 is 0 Å². The van der Waals surface area contributed by atoms with E-state index in [-0.39, 0.29) is 5.91 Å². The van der Waals surface area contributed by atoms with E-state index in [9.17, 15) is 4.79 Å². The average Bonchev–Trinajstić information content (AvgIpc) is 2.37. The summed E-state index contributed by atoms with van der Waals surface area (Å²) in [5.74, 6) is 0.616. The predicted octanol–water partition coefficient (Wildman–Crippen LogP) is 3.52. The standard InChI is InChI=1S/C14H18ClNO/c15-10-4-9-14(17)16-13-8-3-6-11-5-1-2-7-12(11)13/h3,6,8H,1-2,4-5,7,9-10H2,(H,16,17). The fourth-order valence-electron chi connectivity index (χ4n) is 2.34. The normalized spacial score (nSPS) is 14.2. The number of alkyl halides is 1. The molecular weight excluding hydrogens is 234 g/mol. The topological polar surface area (TPSA) is 29.1 Å². The number of aryl methyl sites for hydroxylation is 1. The van der Waals surface area contributed by atoms with Crippen molar-refractivity contribution in [3.63, 3.8) is 0 Å². The average molecular weight is 252 g/mol. The molecule has 17 heavy (non-hydrogen) atoms. The van der Waals surface area contributed by atoms with E-state index >= 15 is 0 Å². The molecule has 0 radical (unpaired) electrons. The minimum absolute atomic E-state index is 0.0737. The van der Waals surface area contributed by atoms with Crippen LogP contribution >= 0.6 is 11.6 Å². The molecule has 1 aromatic carbocycles. The van der Waals surface area contributed by atoms with Gasteiger partial charge in [0.2, 0.25) is 5.91 Å². The Labute approximate surface area is 107 Å². The maximum absolute atomic E-state index is 11.7. The summed E-state index contributed by atoms with van der Waals surface area (Å²) < 4.78 is 0. The smallest absolute Gasteiger partial charge is 0.224 e. The van der Waals surface area contributed by atoms with Crippen LogP contribution in [0.2, 0.25) is 0 Å². The first-order chi connectivity index (χ1) is 8.31. The third kappa shape index (κ3) is 3.22. The Balaban J connectivity index is 2.08. The van der Waals surface area contributed by atoms with Crippen LogP contribution in [0.15, 0.2) is 18.2 Å². The molecule has 0 bridgehead atoms. The van der Waals surface area contributed by atoms with Crippen LogP contribution in [0, 0.1) is 0 Å². The van der Waals surface area contributed by atoms with Crippen molar-refractivity contribution in [2.24, 2.45) is 0 Å². The summed E-state index contributed by atoms with van der Waals surface area (Å²) in [5.41, 5.74) is 3.73. The van der Waals surface area contributed by atoms with E-state index in [4.69, 9.17) is 11.6 Å². The molecule has 0 spiro atoms. The lowest BCUT2D eigenvalue weighted by Gasteiger charge is -2.19. The first kappa shape index (κ1) is 12.4. The number of benzene rings is 1. The van der Waals surface area contributed by atoms with Crippen LogP contribution in [-0.4, -0.2) is 11.8 Å². The van der Waals surface area contributed by atoms with E-state index in [0.717, 1.165) is 24.9 Å². The highest BCUT2D eigenvalue weighted by molar-refractivity contribution is 6.18. The molecule has 2 nitrogen and oxygen atoms in total. The second-order valence-corrected chi connectivity index (χ2v) is 4.87. The SMILES string of the molecule is O=C(CCCCl)Nc1cccc2c1CCCC2. The molecule has 0 saturated heterocycles. The van der Waals surface area contributed by atoms with Crippen LogP contribution < -0.4 is 5.32 Å². The largest absolute Gasteiger partial charge is 0.326 e. The molecular formula is C14H18ClNO. The highest BCUT2D eigenvalue weighted by atomic mass is 35.5. The number of fused-ring (bicyclic) bond motifs is 1. The number of rotatable bonds is 4. The fraction of sp³-hybridized carbons (Fsp3) is 0.500. The number of halogens is 1. The molecule has 92 valence electrons. The Morgan fingerprint density at radius 1 is 1.29 bits per heavy atom. The highest BCUT2D eigenvalue weighted by Gasteiger charge is 2.13. The van der Waals surface area contributed by atoms with E-state index in [1.54, 1.807) is 0 Å². The van der Waals surface area contributed by atoms with Crippen LogP contribution in [0.25, 0.3) is 0 Å². The van der Waals surface area contributed by atoms with Gasteiger partial charge in [0.1, 0.15) is 0 Å². The molecule has 1 N–H and O–H groups in total. The van der Waals surface area contributed by atoms with Crippen molar-refractivity contribution < 1.29 is 4.79 Å². The van der Waals surface area contributed by atoms with Gasteiger partial charge < -0.3 is 5.32 Å². The summed E-state index contributed by atoms with van der Waals surface area (Å²) in [6.07, 6.45) is 5.95. The van der Waals surface area contributed by atoms with Crippen LogP contribution in [0.3, 0.4) is 0 Å². The molecule has 1 aliphatic carbocycles. The van der Waals surface area contributed by atoms with E-state index in [1.165, 1.54) is 24.0 Å². The Morgan fingerprint density at radius 2 is 2.12 bits per heavy atom. The van der Waals surface area contributed by atoms with Crippen LogP contribution in [0.5, 0.6) is 0 Å². The summed E-state index contributed by atoms with van der Waals surface area (Å²) >= 11 is 5.58. The van der Waals surface area contributed by atoms with Gasteiger partial charge in [-0.1, -0.05) is 12.1 Å². The van der Waals surface area contributed by atoms with Gasteiger partial charge in [-0.3, -0.25) is 4.79 Å². The van der Waals surface area contributed by atoms with Crippen LogP contribution in [-0.2, 0) is 17.6 Å². The van der Waals surface area contributed by atoms with Crippen LogP contribution in [0.1, 0.15) is 36.8 Å². The number of carbonyl (C=O) groups excluding carboxylic acids is 1. The maximum Gasteiger partial charge on any atom is 0.224 e. The van der Waals surface area contributed by atoms with Crippen molar-refractivity contribution >= 4 is 23.2 Å². The Bertz CT molecular complexity index is 403. The number of nitrogens with one attached hydrogen (secondary N) is 1. The second-order valence-electron chi connectivity index (χ2n) is 4.49. The third-order valence-corrected chi connectivity index (χ3v) is 3.47. The van der Waals surface area contributed by atoms with Gasteiger partial charge in [-0.15, -0.1) is 11.6 Å². The van der Waals surface area contributed by atoms with Crippen molar-refractivity contribution in [1.29, 1.82) is 0 Å². The molecule has 0 aromatic heterocycles. The summed E-state index contributed by atoms with van der Waals surface area (Å²) in [4.78, 5) is 11.7. The molecule has 0 aliphatic heterocycles. The number of carbonyl (C=O) groups is 1. The lowest BCUT2D eigenvalue weighted by atomic mass is 9.90. The number of amides is 1. The lowest BCUT2D eigenvalue weighted by molar-refractivity contribution is -0.116. The Hall–Kier alpha value is -1.02. The van der Waals surface area contributed by atoms with Gasteiger partial charge in [-0.25, -0.2) is 0 Å². The monoisotopic (exact) mass is 251 g/mol. The summed E-state index contributed by atoms with van der Waals surface area (Å²) in [6, 6.07) is 6.20. The zero-order chi connectivity index (χ0) is 12.1. The summed E-state index contributed by atoms with van der Waals surface area (Å²) in [5, 5.41) is 3.01. The van der Waals surface area contributed by atoms with E-state index in [2.05, 4.69) is 11.4 Å². The molecule has 1 aliphatic rings. The van der Waals surface area contributed by atoms with Gasteiger partial charge in [0.15, 0.2) is 0 Å². The second kappa shape index (κ2) is 6.06. The zero-order valence-electron chi connectivity index (χ0n) is 9.97. The molecule has 3 heteroatoms. The van der Waals surface area contributed by atoms with Gasteiger partial charge in [0.05, 0.1) is 0 Å². The van der Waals surface area contributed by atoms with Gasteiger partial charge in [0, 0.05) is 18.0 Å². The summed E-state index contributed by atoms with van der Waals surface area (Å²) in [7, 11) is 0. The quantitative estimate of drug-likeness (QED) is 0.815. The predicted molar refractivity (Wildman–Crippen MR) is 71.7 cm³/mol. The highest BCUT2D eigenvalue weighted by Crippen LogP contribution is 2.27. The van der Waals surface area contributed by atoms with Crippen molar-refractivity contribution in [2.75, 3.05) is 11.2 Å². The van der Waals surface area contributed by atoms with Crippen molar-refractivity contribution in [3.05, 3.63) is 29.3 Å². The zero-order valence-corrected chi connectivity index (χ0v) is 10.7. The van der Waals surface area contributed by atoms with Crippen molar-refractivity contribution in [3.8, 4) is 0 Å². The molecule has 2 rings (SSSR count). The Morgan fingerprint density at radius 3 is 2.94 bits per heavy atom. The first-order valence-electron chi connectivity index (χ1n) is 6.28. The van der Waals surface area contributed by atoms with Gasteiger partial charge in [0.25, 0.3) is 0 Å². The van der Waals surface area contributed by atoms with Crippen molar-refractivity contribution in [2.45, 2.75) is 38.5 Å². The van der Waals surface area contributed by atoms with E-state index in [0.29, 0.717) is 12.3 Å².